The van der Waals surface area contributed by atoms with Crippen LogP contribution < -0.4 is 5.32 Å². The van der Waals surface area contributed by atoms with Crippen molar-refractivity contribution in [2.24, 2.45) is 0 Å². The molecule has 0 aliphatic rings. The first-order valence-corrected chi connectivity index (χ1v) is 8.11. The minimum atomic E-state index is -0.164. The molecule has 1 heterocycles. The van der Waals surface area contributed by atoms with Gasteiger partial charge in [-0.05, 0) is 35.0 Å². The minimum absolute atomic E-state index is 0.164. The molecule has 0 radical (unpaired) electrons. The number of rotatable bonds is 3. The molecule has 0 aliphatic heterocycles. The van der Waals surface area contributed by atoms with Crippen LogP contribution in [0.15, 0.2) is 85.1 Å². The highest BCUT2D eigenvalue weighted by molar-refractivity contribution is 6.04. The highest BCUT2D eigenvalue weighted by atomic mass is 16.1. The third-order valence-corrected chi connectivity index (χ3v) is 4.10. The first-order chi connectivity index (χ1) is 12.3. The molecule has 0 aliphatic carbocycles. The molecular formula is C22H16N2O. The standard InChI is InChI=1S/C22H16N2O/c25-21(24-20-12-10-16-5-1-2-6-19(16)15-20)13-11-18-8-3-7-17-9-4-14-23-22(17)18/h1-15H,(H,24,25)/b13-11+. The number of aromatic nitrogens is 1. The lowest BCUT2D eigenvalue weighted by Gasteiger charge is -2.04. The van der Waals surface area contributed by atoms with Gasteiger partial charge in [0.2, 0.25) is 5.91 Å². The maximum absolute atomic E-state index is 12.2. The molecule has 1 aromatic heterocycles. The summed E-state index contributed by atoms with van der Waals surface area (Å²) in [4.78, 5) is 16.6. The molecule has 4 rings (SSSR count). The Morgan fingerprint density at radius 2 is 1.64 bits per heavy atom. The predicted octanol–water partition coefficient (Wildman–Crippen LogP) is 5.04. The third kappa shape index (κ3) is 3.26. The molecule has 120 valence electrons. The van der Waals surface area contributed by atoms with E-state index in [1.54, 1.807) is 18.3 Å². The molecule has 3 heteroatoms. The number of hydrogen-bond donors (Lipinski definition) is 1. The number of fused-ring (bicyclic) bond motifs is 2. The maximum atomic E-state index is 12.2. The van der Waals surface area contributed by atoms with Crippen LogP contribution in [0.5, 0.6) is 0 Å². The Morgan fingerprint density at radius 3 is 2.56 bits per heavy atom. The topological polar surface area (TPSA) is 42.0 Å². The summed E-state index contributed by atoms with van der Waals surface area (Å²) in [5.74, 6) is -0.164. The number of carbonyl (C=O) groups excluding carboxylic acids is 1. The zero-order valence-corrected chi connectivity index (χ0v) is 13.5. The van der Waals surface area contributed by atoms with Crippen LogP contribution in [0.4, 0.5) is 5.69 Å². The van der Waals surface area contributed by atoms with Crippen molar-refractivity contribution in [1.82, 2.24) is 4.98 Å². The van der Waals surface area contributed by atoms with E-state index in [0.717, 1.165) is 32.9 Å². The average Bonchev–Trinajstić information content (AvgIpc) is 2.66. The molecule has 1 amide bonds. The van der Waals surface area contributed by atoms with Crippen molar-refractivity contribution in [3.05, 3.63) is 90.6 Å². The van der Waals surface area contributed by atoms with Gasteiger partial charge in [0.05, 0.1) is 5.52 Å². The summed E-state index contributed by atoms with van der Waals surface area (Å²) in [5.41, 5.74) is 2.59. The van der Waals surface area contributed by atoms with E-state index < -0.39 is 0 Å². The average molecular weight is 324 g/mol. The fraction of sp³-hybridized carbons (Fsp3) is 0. The monoisotopic (exact) mass is 324 g/mol. The SMILES string of the molecule is O=C(/C=C/c1cccc2cccnc12)Nc1ccc2ccccc2c1. The van der Waals surface area contributed by atoms with E-state index in [9.17, 15) is 4.79 Å². The molecule has 3 nitrogen and oxygen atoms in total. The zero-order chi connectivity index (χ0) is 17.1. The molecule has 1 N–H and O–H groups in total. The number of benzene rings is 3. The Morgan fingerprint density at radius 1 is 0.840 bits per heavy atom. The van der Waals surface area contributed by atoms with Gasteiger partial charge in [-0.1, -0.05) is 54.6 Å². The number of pyridine rings is 1. The van der Waals surface area contributed by atoms with Crippen molar-refractivity contribution in [2.75, 3.05) is 5.32 Å². The van der Waals surface area contributed by atoms with Gasteiger partial charge in [-0.3, -0.25) is 9.78 Å². The molecule has 0 saturated carbocycles. The fourth-order valence-electron chi connectivity index (χ4n) is 2.88. The van der Waals surface area contributed by atoms with Gasteiger partial charge < -0.3 is 5.32 Å². The summed E-state index contributed by atoms with van der Waals surface area (Å²) in [6.07, 6.45) is 5.10. The van der Waals surface area contributed by atoms with E-state index in [0.29, 0.717) is 0 Å². The van der Waals surface area contributed by atoms with Crippen LogP contribution in [0.1, 0.15) is 5.56 Å². The minimum Gasteiger partial charge on any atom is -0.322 e. The van der Waals surface area contributed by atoms with Gasteiger partial charge in [0, 0.05) is 28.9 Å². The van der Waals surface area contributed by atoms with Crippen molar-refractivity contribution in [3.63, 3.8) is 0 Å². The van der Waals surface area contributed by atoms with Crippen molar-refractivity contribution in [1.29, 1.82) is 0 Å². The van der Waals surface area contributed by atoms with Crippen molar-refractivity contribution >= 4 is 39.3 Å². The lowest BCUT2D eigenvalue weighted by atomic mass is 10.1. The van der Waals surface area contributed by atoms with Crippen LogP contribution in [0, 0.1) is 0 Å². The molecule has 0 atom stereocenters. The third-order valence-electron chi connectivity index (χ3n) is 4.10. The fourth-order valence-corrected chi connectivity index (χ4v) is 2.88. The highest BCUT2D eigenvalue weighted by Gasteiger charge is 2.02. The van der Waals surface area contributed by atoms with E-state index in [4.69, 9.17) is 0 Å². The van der Waals surface area contributed by atoms with Crippen molar-refractivity contribution < 1.29 is 4.79 Å². The molecule has 25 heavy (non-hydrogen) atoms. The Hall–Kier alpha value is -3.46. The molecule has 0 unspecified atom stereocenters. The summed E-state index contributed by atoms with van der Waals surface area (Å²) in [7, 11) is 0. The number of carbonyl (C=O) groups is 1. The van der Waals surface area contributed by atoms with E-state index in [1.165, 1.54) is 0 Å². The number of nitrogens with zero attached hydrogens (tertiary/aromatic N) is 1. The largest absolute Gasteiger partial charge is 0.322 e. The van der Waals surface area contributed by atoms with Gasteiger partial charge in [-0.15, -0.1) is 0 Å². The molecule has 0 bridgehead atoms. The molecule has 0 fully saturated rings. The molecule has 4 aromatic rings. The van der Waals surface area contributed by atoms with Crippen LogP contribution in [-0.2, 0) is 4.79 Å². The van der Waals surface area contributed by atoms with Gasteiger partial charge in [-0.25, -0.2) is 0 Å². The van der Waals surface area contributed by atoms with Crippen LogP contribution in [-0.4, -0.2) is 10.9 Å². The first-order valence-electron chi connectivity index (χ1n) is 8.11. The molecule has 0 saturated heterocycles. The highest BCUT2D eigenvalue weighted by Crippen LogP contribution is 2.19. The summed E-state index contributed by atoms with van der Waals surface area (Å²) < 4.78 is 0. The van der Waals surface area contributed by atoms with Gasteiger partial charge in [-0.2, -0.15) is 0 Å². The number of para-hydroxylation sites is 1. The van der Waals surface area contributed by atoms with Crippen molar-refractivity contribution in [3.8, 4) is 0 Å². The second-order valence-electron chi connectivity index (χ2n) is 5.81. The van der Waals surface area contributed by atoms with E-state index >= 15 is 0 Å². The lowest BCUT2D eigenvalue weighted by Crippen LogP contribution is -2.07. The van der Waals surface area contributed by atoms with Crippen LogP contribution in [0.25, 0.3) is 27.8 Å². The van der Waals surface area contributed by atoms with E-state index in [1.807, 2.05) is 72.8 Å². The smallest absolute Gasteiger partial charge is 0.248 e. The van der Waals surface area contributed by atoms with Gasteiger partial charge in [0.15, 0.2) is 0 Å². The van der Waals surface area contributed by atoms with Crippen molar-refractivity contribution in [2.45, 2.75) is 0 Å². The maximum Gasteiger partial charge on any atom is 0.248 e. The predicted molar refractivity (Wildman–Crippen MR) is 103 cm³/mol. The quantitative estimate of drug-likeness (QED) is 0.536. The van der Waals surface area contributed by atoms with E-state index in [-0.39, 0.29) is 5.91 Å². The summed E-state index contributed by atoms with van der Waals surface area (Å²) >= 11 is 0. The van der Waals surface area contributed by atoms with E-state index in [2.05, 4.69) is 10.3 Å². The Labute approximate surface area is 145 Å². The summed E-state index contributed by atoms with van der Waals surface area (Å²) in [5, 5.41) is 6.21. The summed E-state index contributed by atoms with van der Waals surface area (Å²) in [6, 6.07) is 23.8. The molecular weight excluding hydrogens is 308 g/mol. The van der Waals surface area contributed by atoms with Crippen LogP contribution in [0.2, 0.25) is 0 Å². The molecule has 0 spiro atoms. The lowest BCUT2D eigenvalue weighted by molar-refractivity contribution is -0.111. The number of amides is 1. The number of hydrogen-bond acceptors (Lipinski definition) is 2. The number of anilines is 1. The van der Waals surface area contributed by atoms with Gasteiger partial charge in [0.25, 0.3) is 0 Å². The second-order valence-corrected chi connectivity index (χ2v) is 5.81. The summed E-state index contributed by atoms with van der Waals surface area (Å²) in [6.45, 7) is 0. The Balaban J connectivity index is 1.55. The van der Waals surface area contributed by atoms with Crippen LogP contribution in [0.3, 0.4) is 0 Å². The zero-order valence-electron chi connectivity index (χ0n) is 13.5. The molecule has 3 aromatic carbocycles. The second kappa shape index (κ2) is 6.57. The number of nitrogens with one attached hydrogen (secondary N) is 1. The van der Waals surface area contributed by atoms with Gasteiger partial charge in [0.1, 0.15) is 0 Å². The van der Waals surface area contributed by atoms with Gasteiger partial charge >= 0.3 is 0 Å². The Bertz CT molecular complexity index is 1090. The van der Waals surface area contributed by atoms with Crippen LogP contribution >= 0.6 is 0 Å². The normalized spacial score (nSPS) is 11.2. The first kappa shape index (κ1) is 15.1. The Kier molecular flexibility index (Phi) is 3.97.